The van der Waals surface area contributed by atoms with Gasteiger partial charge in [0.15, 0.2) is 0 Å². The molecule has 62 valence electrons. The topological polar surface area (TPSA) is 23.8 Å². The first kappa shape index (κ1) is 10.2. The molecule has 0 fully saturated rings. The van der Waals surface area contributed by atoms with Gasteiger partial charge < -0.3 is 0 Å². The lowest BCUT2D eigenvalue weighted by molar-refractivity contribution is 1.35. The first-order valence-electron chi connectivity index (χ1n) is 3.13. The maximum absolute atomic E-state index is 8.72. The minimum Gasteiger partial charge on any atom is -0.192 e. The molecule has 0 bridgehead atoms. The van der Waals surface area contributed by atoms with E-state index in [2.05, 4.69) is 53.9 Å². The lowest BCUT2D eigenvalue weighted by Crippen LogP contribution is -1.84. The summed E-state index contributed by atoms with van der Waals surface area (Å²) in [6, 6.07) is 5.84. The van der Waals surface area contributed by atoms with Gasteiger partial charge in [-0.2, -0.15) is 5.26 Å². The number of nitrogens with zero attached hydrogens (tertiary/aromatic N) is 1. The first-order valence-corrected chi connectivity index (χ1v) is 5.83. The molecular formula is C8H4Br3N. The van der Waals surface area contributed by atoms with E-state index < -0.39 is 0 Å². The predicted molar refractivity (Wildman–Crippen MR) is 59.2 cm³/mol. The van der Waals surface area contributed by atoms with Crippen molar-refractivity contribution >= 4 is 47.8 Å². The second-order valence-corrected chi connectivity index (χ2v) is 4.44. The highest BCUT2D eigenvalue weighted by atomic mass is 79.9. The summed E-state index contributed by atoms with van der Waals surface area (Å²) in [4.78, 5) is 0. The van der Waals surface area contributed by atoms with Crippen LogP contribution in [0.5, 0.6) is 0 Å². The van der Waals surface area contributed by atoms with Gasteiger partial charge in [0.2, 0.25) is 0 Å². The van der Waals surface area contributed by atoms with E-state index in [9.17, 15) is 0 Å². The highest BCUT2D eigenvalue weighted by Gasteiger charge is 2.04. The minimum atomic E-state index is 0.660. The Balaban J connectivity index is 3.30. The summed E-state index contributed by atoms with van der Waals surface area (Å²) in [7, 11) is 0. The van der Waals surface area contributed by atoms with Crippen LogP contribution in [-0.4, -0.2) is 0 Å². The Hall–Kier alpha value is 0.150. The first-order chi connectivity index (χ1) is 5.69. The molecule has 0 unspecified atom stereocenters. The normalized spacial score (nSPS) is 9.50. The van der Waals surface area contributed by atoms with Crippen LogP contribution < -0.4 is 0 Å². The number of alkyl halides is 1. The fourth-order valence-corrected chi connectivity index (χ4v) is 2.84. The lowest BCUT2D eigenvalue weighted by Gasteiger charge is -2.02. The van der Waals surface area contributed by atoms with E-state index in [0.29, 0.717) is 5.56 Å². The van der Waals surface area contributed by atoms with Crippen LogP contribution in [0.4, 0.5) is 0 Å². The van der Waals surface area contributed by atoms with Crippen molar-refractivity contribution in [2.45, 2.75) is 5.33 Å². The van der Waals surface area contributed by atoms with Crippen molar-refractivity contribution in [2.75, 3.05) is 0 Å². The Bertz CT molecular complexity index is 341. The van der Waals surface area contributed by atoms with E-state index in [4.69, 9.17) is 5.26 Å². The number of benzene rings is 1. The maximum atomic E-state index is 8.72. The Morgan fingerprint density at radius 3 is 2.42 bits per heavy atom. The van der Waals surface area contributed by atoms with Gasteiger partial charge in [-0.15, -0.1) is 0 Å². The molecule has 0 radical (unpaired) electrons. The van der Waals surface area contributed by atoms with Gasteiger partial charge in [-0.1, -0.05) is 31.9 Å². The van der Waals surface area contributed by atoms with Crippen LogP contribution >= 0.6 is 47.8 Å². The highest BCUT2D eigenvalue weighted by molar-refractivity contribution is 9.11. The molecule has 0 aromatic heterocycles. The molecule has 1 aromatic rings. The smallest absolute Gasteiger partial charge is 0.100 e. The van der Waals surface area contributed by atoms with Crippen molar-refractivity contribution in [1.82, 2.24) is 0 Å². The Labute approximate surface area is 96.2 Å². The average Bonchev–Trinajstić information content (AvgIpc) is 2.05. The van der Waals surface area contributed by atoms with Crippen LogP contribution in [0, 0.1) is 11.3 Å². The molecule has 0 aliphatic carbocycles. The molecule has 0 saturated heterocycles. The fraction of sp³-hybridized carbons (Fsp3) is 0.125. The number of halogens is 3. The van der Waals surface area contributed by atoms with Gasteiger partial charge in [0.25, 0.3) is 0 Å². The molecule has 0 heterocycles. The molecule has 0 spiro atoms. The Morgan fingerprint density at radius 1 is 1.25 bits per heavy atom. The summed E-state index contributed by atoms with van der Waals surface area (Å²) in [6.07, 6.45) is 0. The van der Waals surface area contributed by atoms with E-state index in [1.165, 1.54) is 0 Å². The standard InChI is InChI=1S/C8H4Br3N/c9-3-5-1-6(4-12)8(11)2-7(5)10/h1-2H,3H2. The van der Waals surface area contributed by atoms with E-state index in [1.54, 1.807) is 0 Å². The summed E-state index contributed by atoms with van der Waals surface area (Å²) in [6.45, 7) is 0. The summed E-state index contributed by atoms with van der Waals surface area (Å²) in [5, 5.41) is 9.46. The molecule has 0 N–H and O–H groups in total. The number of nitriles is 1. The molecule has 0 saturated carbocycles. The quantitative estimate of drug-likeness (QED) is 0.701. The summed E-state index contributed by atoms with van der Waals surface area (Å²) in [5.41, 5.74) is 1.74. The van der Waals surface area contributed by atoms with Crippen molar-refractivity contribution < 1.29 is 0 Å². The van der Waals surface area contributed by atoms with Gasteiger partial charge in [-0.3, -0.25) is 0 Å². The summed E-state index contributed by atoms with van der Waals surface area (Å²) < 4.78 is 1.83. The van der Waals surface area contributed by atoms with Gasteiger partial charge >= 0.3 is 0 Å². The SMILES string of the molecule is N#Cc1cc(CBr)c(Br)cc1Br. The van der Waals surface area contributed by atoms with Gasteiger partial charge in [0.1, 0.15) is 6.07 Å². The molecule has 1 rings (SSSR count). The number of hydrogen-bond acceptors (Lipinski definition) is 1. The van der Waals surface area contributed by atoms with E-state index in [-0.39, 0.29) is 0 Å². The van der Waals surface area contributed by atoms with Gasteiger partial charge in [-0.05, 0) is 33.6 Å². The maximum Gasteiger partial charge on any atom is 0.100 e. The molecule has 4 heteroatoms. The summed E-state index contributed by atoms with van der Waals surface area (Å²) in [5.74, 6) is 0. The molecule has 0 amide bonds. The van der Waals surface area contributed by atoms with Gasteiger partial charge in [-0.25, -0.2) is 0 Å². The van der Waals surface area contributed by atoms with Gasteiger partial charge in [0, 0.05) is 14.3 Å². The second kappa shape index (κ2) is 4.40. The van der Waals surface area contributed by atoms with Crippen LogP contribution in [0.1, 0.15) is 11.1 Å². The van der Waals surface area contributed by atoms with Crippen molar-refractivity contribution in [3.05, 3.63) is 32.2 Å². The zero-order valence-electron chi connectivity index (χ0n) is 5.94. The molecule has 1 aromatic carbocycles. The van der Waals surface area contributed by atoms with Crippen molar-refractivity contribution in [3.8, 4) is 6.07 Å². The zero-order valence-corrected chi connectivity index (χ0v) is 10.7. The minimum absolute atomic E-state index is 0.660. The third-order valence-corrected chi connectivity index (χ3v) is 3.40. The van der Waals surface area contributed by atoms with Crippen LogP contribution in [0.3, 0.4) is 0 Å². The third-order valence-electron chi connectivity index (χ3n) is 1.40. The van der Waals surface area contributed by atoms with Crippen molar-refractivity contribution in [3.63, 3.8) is 0 Å². The predicted octanol–water partition coefficient (Wildman–Crippen LogP) is 3.98. The zero-order chi connectivity index (χ0) is 9.14. The van der Waals surface area contributed by atoms with Gasteiger partial charge in [0.05, 0.1) is 5.56 Å². The highest BCUT2D eigenvalue weighted by Crippen LogP contribution is 2.26. The van der Waals surface area contributed by atoms with Crippen LogP contribution in [-0.2, 0) is 5.33 Å². The Kier molecular flexibility index (Phi) is 3.76. The van der Waals surface area contributed by atoms with Crippen molar-refractivity contribution in [1.29, 1.82) is 5.26 Å². The fourth-order valence-electron chi connectivity index (χ4n) is 0.782. The molecule has 0 aliphatic heterocycles. The van der Waals surface area contributed by atoms with E-state index >= 15 is 0 Å². The monoisotopic (exact) mass is 351 g/mol. The average molecular weight is 354 g/mol. The van der Waals surface area contributed by atoms with Crippen LogP contribution in [0.25, 0.3) is 0 Å². The second-order valence-electron chi connectivity index (χ2n) is 2.17. The molecular weight excluding hydrogens is 350 g/mol. The number of rotatable bonds is 1. The molecule has 1 nitrogen and oxygen atoms in total. The third kappa shape index (κ3) is 2.09. The number of hydrogen-bond donors (Lipinski definition) is 0. The van der Waals surface area contributed by atoms with Crippen LogP contribution in [0.2, 0.25) is 0 Å². The molecule has 0 aliphatic rings. The van der Waals surface area contributed by atoms with E-state index in [1.807, 2.05) is 12.1 Å². The Morgan fingerprint density at radius 2 is 1.92 bits per heavy atom. The largest absolute Gasteiger partial charge is 0.192 e. The van der Waals surface area contributed by atoms with E-state index in [0.717, 1.165) is 19.8 Å². The molecule has 12 heavy (non-hydrogen) atoms. The van der Waals surface area contributed by atoms with Crippen molar-refractivity contribution in [2.24, 2.45) is 0 Å². The lowest BCUT2D eigenvalue weighted by atomic mass is 10.2. The van der Waals surface area contributed by atoms with Crippen LogP contribution in [0.15, 0.2) is 21.1 Å². The summed E-state index contributed by atoms with van der Waals surface area (Å²) >= 11 is 10.0. The molecule has 0 atom stereocenters.